The number of hydrogen-bond donors (Lipinski definition) is 0. The number of aromatic nitrogens is 3. The molecule has 0 radical (unpaired) electrons. The van der Waals surface area contributed by atoms with Gasteiger partial charge in [0.1, 0.15) is 5.82 Å². The molecule has 25 heavy (non-hydrogen) atoms. The lowest BCUT2D eigenvalue weighted by molar-refractivity contribution is 0.626. The molecule has 3 nitrogen and oxygen atoms in total. The zero-order valence-electron chi connectivity index (χ0n) is 14.4. The predicted octanol–water partition coefficient (Wildman–Crippen LogP) is 5.18. The minimum absolute atomic E-state index is 0.300. The van der Waals surface area contributed by atoms with Crippen LogP contribution in [0, 0.1) is 19.7 Å². The summed E-state index contributed by atoms with van der Waals surface area (Å²) >= 11 is 1.60. The Kier molecular flexibility index (Phi) is 5.34. The summed E-state index contributed by atoms with van der Waals surface area (Å²) in [6.45, 7) is 8.53. The third kappa shape index (κ3) is 3.82. The smallest absolute Gasteiger partial charge is 0.192 e. The van der Waals surface area contributed by atoms with Crippen molar-refractivity contribution in [3.8, 4) is 11.4 Å². The molecule has 0 atom stereocenters. The fourth-order valence-electron chi connectivity index (χ4n) is 2.63. The van der Waals surface area contributed by atoms with E-state index in [-0.39, 0.29) is 5.82 Å². The third-order valence-corrected chi connectivity index (χ3v) is 5.02. The van der Waals surface area contributed by atoms with Crippen molar-refractivity contribution in [2.75, 3.05) is 0 Å². The van der Waals surface area contributed by atoms with Gasteiger partial charge in [-0.05, 0) is 37.1 Å². The quantitative estimate of drug-likeness (QED) is 0.452. The number of benzene rings is 2. The molecular weight excluding hydrogens is 333 g/mol. The second kappa shape index (κ2) is 7.66. The van der Waals surface area contributed by atoms with E-state index in [4.69, 9.17) is 0 Å². The first-order valence-electron chi connectivity index (χ1n) is 8.08. The second-order valence-corrected chi connectivity index (χ2v) is 6.85. The normalized spacial score (nSPS) is 10.8. The van der Waals surface area contributed by atoms with Gasteiger partial charge in [0.15, 0.2) is 11.0 Å². The molecule has 5 heteroatoms. The van der Waals surface area contributed by atoms with E-state index in [0.717, 1.165) is 10.9 Å². The summed E-state index contributed by atoms with van der Waals surface area (Å²) in [5, 5.41) is 9.27. The molecule has 3 rings (SSSR count). The zero-order valence-corrected chi connectivity index (χ0v) is 15.2. The lowest BCUT2D eigenvalue weighted by Crippen LogP contribution is -2.02. The van der Waals surface area contributed by atoms with E-state index in [9.17, 15) is 4.39 Å². The Morgan fingerprint density at radius 2 is 1.96 bits per heavy atom. The average Bonchev–Trinajstić information content (AvgIpc) is 2.99. The van der Waals surface area contributed by atoms with Crippen molar-refractivity contribution in [2.24, 2.45) is 0 Å². The van der Waals surface area contributed by atoms with Crippen LogP contribution in [0.15, 0.2) is 60.3 Å². The van der Waals surface area contributed by atoms with Crippen LogP contribution in [-0.2, 0) is 12.3 Å². The largest absolute Gasteiger partial charge is 0.298 e. The van der Waals surface area contributed by atoms with E-state index in [1.807, 2.05) is 4.57 Å². The average molecular weight is 353 g/mol. The number of rotatable bonds is 6. The molecule has 1 aromatic heterocycles. The molecule has 2 aromatic carbocycles. The molecule has 0 bridgehead atoms. The first-order valence-corrected chi connectivity index (χ1v) is 9.06. The van der Waals surface area contributed by atoms with Gasteiger partial charge < -0.3 is 0 Å². The van der Waals surface area contributed by atoms with Gasteiger partial charge in [0.2, 0.25) is 0 Å². The lowest BCUT2D eigenvalue weighted by atomic mass is 10.1. The van der Waals surface area contributed by atoms with E-state index in [0.29, 0.717) is 17.9 Å². The first-order chi connectivity index (χ1) is 12.1. The summed E-state index contributed by atoms with van der Waals surface area (Å²) in [6.07, 6.45) is 1.77. The fraction of sp³-hybridized carbons (Fsp3) is 0.200. The van der Waals surface area contributed by atoms with Crippen molar-refractivity contribution in [3.05, 3.63) is 77.6 Å². The molecule has 0 amide bonds. The second-order valence-electron chi connectivity index (χ2n) is 5.90. The maximum Gasteiger partial charge on any atom is 0.192 e. The van der Waals surface area contributed by atoms with E-state index in [2.05, 4.69) is 48.8 Å². The van der Waals surface area contributed by atoms with Gasteiger partial charge in [-0.25, -0.2) is 4.39 Å². The highest BCUT2D eigenvalue weighted by Gasteiger charge is 2.16. The Hall–Kier alpha value is -2.40. The lowest BCUT2D eigenvalue weighted by Gasteiger charge is -2.10. The molecule has 1 heterocycles. The summed E-state index contributed by atoms with van der Waals surface area (Å²) in [5.41, 5.74) is 4.21. The molecule has 0 aliphatic rings. The summed E-state index contributed by atoms with van der Waals surface area (Å²) in [6, 6.07) is 13.1. The maximum atomic E-state index is 14.1. The Balaban J connectivity index is 1.91. The number of hydrogen-bond acceptors (Lipinski definition) is 3. The standard InChI is InChI=1S/C20H20FN3S/c1-4-11-24-19(17-7-5-6-8-18(17)21)22-23-20(24)25-13-16-12-14(2)9-10-15(16)3/h4-10,12H,1,11,13H2,2-3H3. The van der Waals surface area contributed by atoms with Crippen LogP contribution in [0.25, 0.3) is 11.4 Å². The number of aryl methyl sites for hydroxylation is 2. The van der Waals surface area contributed by atoms with E-state index in [1.165, 1.54) is 22.8 Å². The molecule has 0 N–H and O–H groups in total. The topological polar surface area (TPSA) is 30.7 Å². The molecule has 0 unspecified atom stereocenters. The molecule has 0 aliphatic carbocycles. The van der Waals surface area contributed by atoms with Gasteiger partial charge in [0.05, 0.1) is 5.56 Å². The van der Waals surface area contributed by atoms with Crippen LogP contribution in [0.2, 0.25) is 0 Å². The van der Waals surface area contributed by atoms with Crippen molar-refractivity contribution < 1.29 is 4.39 Å². The van der Waals surface area contributed by atoms with Crippen molar-refractivity contribution in [1.29, 1.82) is 0 Å². The Bertz CT molecular complexity index is 902. The van der Waals surface area contributed by atoms with Gasteiger partial charge in [0, 0.05) is 12.3 Å². The summed E-state index contributed by atoms with van der Waals surface area (Å²) in [5.74, 6) is 1.02. The molecule has 0 aliphatic heterocycles. The molecule has 128 valence electrons. The van der Waals surface area contributed by atoms with E-state index < -0.39 is 0 Å². The maximum absolute atomic E-state index is 14.1. The minimum Gasteiger partial charge on any atom is -0.298 e. The van der Waals surface area contributed by atoms with Crippen LogP contribution in [0.1, 0.15) is 16.7 Å². The van der Waals surface area contributed by atoms with Crippen molar-refractivity contribution in [3.63, 3.8) is 0 Å². The number of thioether (sulfide) groups is 1. The first kappa shape index (κ1) is 17.4. The summed E-state index contributed by atoms with van der Waals surface area (Å²) < 4.78 is 16.0. The SMILES string of the molecule is C=CCn1c(SCc2cc(C)ccc2C)nnc1-c1ccccc1F. The van der Waals surface area contributed by atoms with Crippen LogP contribution < -0.4 is 0 Å². The van der Waals surface area contributed by atoms with Gasteiger partial charge in [-0.1, -0.05) is 53.7 Å². The molecular formula is C20H20FN3S. The molecule has 0 spiro atoms. The fourth-order valence-corrected chi connectivity index (χ4v) is 3.64. The number of nitrogens with zero attached hydrogens (tertiary/aromatic N) is 3. The third-order valence-electron chi connectivity index (χ3n) is 4.00. The summed E-state index contributed by atoms with van der Waals surface area (Å²) in [4.78, 5) is 0. The number of halogens is 1. The number of allylic oxidation sites excluding steroid dienone is 1. The van der Waals surface area contributed by atoms with Crippen LogP contribution >= 0.6 is 11.8 Å². The molecule has 0 fully saturated rings. The Labute approximate surface area is 151 Å². The summed E-state index contributed by atoms with van der Waals surface area (Å²) in [7, 11) is 0. The van der Waals surface area contributed by atoms with Gasteiger partial charge in [-0.2, -0.15) is 0 Å². The highest BCUT2D eigenvalue weighted by molar-refractivity contribution is 7.98. The molecule has 0 saturated carbocycles. The highest BCUT2D eigenvalue weighted by atomic mass is 32.2. The Morgan fingerprint density at radius 3 is 2.72 bits per heavy atom. The zero-order chi connectivity index (χ0) is 17.8. The van der Waals surface area contributed by atoms with Crippen molar-refractivity contribution >= 4 is 11.8 Å². The highest BCUT2D eigenvalue weighted by Crippen LogP contribution is 2.28. The molecule has 0 saturated heterocycles. The van der Waals surface area contributed by atoms with Crippen LogP contribution in [-0.4, -0.2) is 14.8 Å². The van der Waals surface area contributed by atoms with Gasteiger partial charge in [-0.15, -0.1) is 16.8 Å². The molecule has 3 aromatic rings. The van der Waals surface area contributed by atoms with Gasteiger partial charge in [0.25, 0.3) is 0 Å². The Morgan fingerprint density at radius 1 is 1.16 bits per heavy atom. The minimum atomic E-state index is -0.300. The van der Waals surface area contributed by atoms with Crippen LogP contribution in [0.5, 0.6) is 0 Å². The van der Waals surface area contributed by atoms with Crippen molar-refractivity contribution in [2.45, 2.75) is 31.3 Å². The monoisotopic (exact) mass is 353 g/mol. The van der Waals surface area contributed by atoms with Crippen LogP contribution in [0.4, 0.5) is 4.39 Å². The van der Waals surface area contributed by atoms with E-state index in [1.54, 1.807) is 36.0 Å². The predicted molar refractivity (Wildman–Crippen MR) is 101 cm³/mol. The van der Waals surface area contributed by atoms with Gasteiger partial charge in [-0.3, -0.25) is 4.57 Å². The van der Waals surface area contributed by atoms with E-state index >= 15 is 0 Å². The van der Waals surface area contributed by atoms with Crippen molar-refractivity contribution in [1.82, 2.24) is 14.8 Å². The van der Waals surface area contributed by atoms with Crippen LogP contribution in [0.3, 0.4) is 0 Å². The van der Waals surface area contributed by atoms with Gasteiger partial charge >= 0.3 is 0 Å².